The summed E-state index contributed by atoms with van der Waals surface area (Å²) in [6.45, 7) is 2.02. The average Bonchev–Trinajstić information content (AvgIpc) is 2.60. The standard InChI is InChI=1S/C19H17NO3S/c1-12-6-4-5-7-13(12)11-17-18(21)20(2)15-10-14(19(22)23-3)8-9-16(15)24-17/h4-11H,1-3H3/b17-11-. The van der Waals surface area contributed by atoms with Crippen LogP contribution >= 0.6 is 11.8 Å². The second-order valence-corrected chi connectivity index (χ2v) is 6.59. The van der Waals surface area contributed by atoms with E-state index in [9.17, 15) is 9.59 Å². The molecule has 1 heterocycles. The number of fused-ring (bicyclic) bond motifs is 1. The number of rotatable bonds is 2. The molecular formula is C19H17NO3S. The fourth-order valence-electron chi connectivity index (χ4n) is 2.53. The Morgan fingerprint density at radius 3 is 2.67 bits per heavy atom. The van der Waals surface area contributed by atoms with Gasteiger partial charge in [-0.2, -0.15) is 0 Å². The minimum atomic E-state index is -0.412. The quantitative estimate of drug-likeness (QED) is 0.615. The molecule has 0 atom stereocenters. The summed E-state index contributed by atoms with van der Waals surface area (Å²) in [5, 5.41) is 0. The number of anilines is 1. The molecular weight excluding hydrogens is 322 g/mol. The van der Waals surface area contributed by atoms with E-state index in [-0.39, 0.29) is 5.91 Å². The summed E-state index contributed by atoms with van der Waals surface area (Å²) in [5.41, 5.74) is 3.29. The molecule has 0 radical (unpaired) electrons. The van der Waals surface area contributed by atoms with Crippen molar-refractivity contribution in [1.82, 2.24) is 0 Å². The highest BCUT2D eigenvalue weighted by molar-refractivity contribution is 8.04. The van der Waals surface area contributed by atoms with Gasteiger partial charge in [0.2, 0.25) is 0 Å². The van der Waals surface area contributed by atoms with Crippen LogP contribution in [-0.2, 0) is 9.53 Å². The Bertz CT molecular complexity index is 857. The molecule has 0 spiro atoms. The van der Waals surface area contributed by atoms with Crippen LogP contribution in [0.5, 0.6) is 0 Å². The molecule has 2 aromatic rings. The first kappa shape index (κ1) is 16.3. The monoisotopic (exact) mass is 339 g/mol. The number of hydrogen-bond acceptors (Lipinski definition) is 4. The molecule has 1 aliphatic rings. The number of carbonyl (C=O) groups is 2. The maximum atomic E-state index is 12.7. The molecule has 24 heavy (non-hydrogen) atoms. The Kier molecular flexibility index (Phi) is 4.44. The van der Waals surface area contributed by atoms with Crippen LogP contribution in [0.15, 0.2) is 52.3 Å². The van der Waals surface area contributed by atoms with E-state index in [1.54, 1.807) is 24.1 Å². The molecule has 0 N–H and O–H groups in total. The number of esters is 1. The van der Waals surface area contributed by atoms with Gasteiger partial charge in [0.15, 0.2) is 0 Å². The van der Waals surface area contributed by atoms with E-state index in [1.165, 1.54) is 18.9 Å². The van der Waals surface area contributed by atoms with E-state index < -0.39 is 5.97 Å². The first-order valence-corrected chi connectivity index (χ1v) is 8.28. The number of methoxy groups -OCH3 is 1. The Morgan fingerprint density at radius 2 is 1.96 bits per heavy atom. The van der Waals surface area contributed by atoms with Crippen molar-refractivity contribution in [2.45, 2.75) is 11.8 Å². The van der Waals surface area contributed by atoms with Gasteiger partial charge in [0.1, 0.15) is 0 Å². The molecule has 0 saturated heterocycles. The van der Waals surface area contributed by atoms with E-state index in [2.05, 4.69) is 0 Å². The molecule has 3 rings (SSSR count). The third-order valence-electron chi connectivity index (χ3n) is 3.95. The number of benzene rings is 2. The van der Waals surface area contributed by atoms with Crippen LogP contribution in [-0.4, -0.2) is 26.0 Å². The number of nitrogens with zero attached hydrogens (tertiary/aromatic N) is 1. The lowest BCUT2D eigenvalue weighted by atomic mass is 10.1. The Hall–Kier alpha value is -2.53. The fraction of sp³-hybridized carbons (Fsp3) is 0.158. The topological polar surface area (TPSA) is 46.6 Å². The van der Waals surface area contributed by atoms with E-state index in [4.69, 9.17) is 4.74 Å². The summed E-state index contributed by atoms with van der Waals surface area (Å²) in [5.74, 6) is -0.498. The molecule has 0 aromatic heterocycles. The van der Waals surface area contributed by atoms with E-state index >= 15 is 0 Å². The van der Waals surface area contributed by atoms with Crippen LogP contribution in [0.4, 0.5) is 5.69 Å². The predicted molar refractivity (Wildman–Crippen MR) is 96.2 cm³/mol. The number of hydrogen-bond donors (Lipinski definition) is 0. The zero-order chi connectivity index (χ0) is 17.3. The Balaban J connectivity index is 2.01. The highest BCUT2D eigenvalue weighted by atomic mass is 32.2. The number of aryl methyl sites for hydroxylation is 1. The highest BCUT2D eigenvalue weighted by Crippen LogP contribution is 2.42. The van der Waals surface area contributed by atoms with E-state index in [0.29, 0.717) is 10.5 Å². The third-order valence-corrected chi connectivity index (χ3v) is 5.03. The van der Waals surface area contributed by atoms with Gasteiger partial charge in [-0.05, 0) is 42.3 Å². The number of amides is 1. The first-order valence-electron chi connectivity index (χ1n) is 7.47. The lowest BCUT2D eigenvalue weighted by Gasteiger charge is -2.27. The lowest BCUT2D eigenvalue weighted by Crippen LogP contribution is -2.30. The van der Waals surface area contributed by atoms with Crippen LogP contribution in [0.2, 0.25) is 0 Å². The zero-order valence-corrected chi connectivity index (χ0v) is 14.5. The van der Waals surface area contributed by atoms with Gasteiger partial charge in [-0.3, -0.25) is 4.79 Å². The number of thioether (sulfide) groups is 1. The molecule has 4 nitrogen and oxygen atoms in total. The molecule has 1 aliphatic heterocycles. The minimum absolute atomic E-state index is 0.0854. The number of ether oxygens (including phenoxy) is 1. The lowest BCUT2D eigenvalue weighted by molar-refractivity contribution is -0.114. The van der Waals surface area contributed by atoms with Crippen molar-refractivity contribution < 1.29 is 14.3 Å². The van der Waals surface area contributed by atoms with Crippen LogP contribution in [0.1, 0.15) is 21.5 Å². The largest absolute Gasteiger partial charge is 0.465 e. The van der Waals surface area contributed by atoms with Crippen molar-refractivity contribution in [3.05, 3.63) is 64.1 Å². The maximum absolute atomic E-state index is 12.7. The van der Waals surface area contributed by atoms with E-state index in [0.717, 1.165) is 21.7 Å². The Labute approximate surface area is 145 Å². The molecule has 2 aromatic carbocycles. The van der Waals surface area contributed by atoms with E-state index in [1.807, 2.05) is 43.3 Å². The van der Waals surface area contributed by atoms with Crippen LogP contribution in [0.25, 0.3) is 6.08 Å². The van der Waals surface area contributed by atoms with Crippen LogP contribution < -0.4 is 4.90 Å². The molecule has 122 valence electrons. The van der Waals surface area contributed by atoms with Gasteiger partial charge in [-0.15, -0.1) is 0 Å². The second kappa shape index (κ2) is 6.53. The molecule has 5 heteroatoms. The van der Waals surface area contributed by atoms with Crippen LogP contribution in [0.3, 0.4) is 0 Å². The van der Waals surface area contributed by atoms with Crippen molar-refractivity contribution in [2.75, 3.05) is 19.1 Å². The number of likely N-dealkylation sites (N-methyl/N-ethyl adjacent to an activating group) is 1. The predicted octanol–water partition coefficient (Wildman–Crippen LogP) is 3.89. The summed E-state index contributed by atoms with van der Waals surface area (Å²) < 4.78 is 4.74. The molecule has 0 aliphatic carbocycles. The van der Waals surface area contributed by atoms with Crippen molar-refractivity contribution in [2.24, 2.45) is 0 Å². The van der Waals surface area contributed by atoms with Crippen molar-refractivity contribution in [3.8, 4) is 0 Å². The highest BCUT2D eigenvalue weighted by Gasteiger charge is 2.27. The van der Waals surface area contributed by atoms with Gasteiger partial charge >= 0.3 is 5.97 Å². The summed E-state index contributed by atoms with van der Waals surface area (Å²) in [7, 11) is 3.06. The summed E-state index contributed by atoms with van der Waals surface area (Å²) in [4.78, 5) is 27.5. The van der Waals surface area contributed by atoms with Crippen LogP contribution in [0, 0.1) is 6.92 Å². The van der Waals surface area contributed by atoms with Gasteiger partial charge in [0.05, 0.1) is 23.3 Å². The van der Waals surface area contributed by atoms with Gasteiger partial charge < -0.3 is 9.64 Å². The molecule has 0 unspecified atom stereocenters. The fourth-order valence-corrected chi connectivity index (χ4v) is 3.61. The molecule has 0 saturated carbocycles. The zero-order valence-electron chi connectivity index (χ0n) is 13.7. The summed E-state index contributed by atoms with van der Waals surface area (Å²) in [6, 6.07) is 13.2. The van der Waals surface area contributed by atoms with Gasteiger partial charge in [0.25, 0.3) is 5.91 Å². The minimum Gasteiger partial charge on any atom is -0.465 e. The molecule has 1 amide bonds. The maximum Gasteiger partial charge on any atom is 0.337 e. The first-order chi connectivity index (χ1) is 11.5. The van der Waals surface area contributed by atoms with Gasteiger partial charge in [-0.1, -0.05) is 36.0 Å². The van der Waals surface area contributed by atoms with Crippen molar-refractivity contribution >= 4 is 35.4 Å². The van der Waals surface area contributed by atoms with Gasteiger partial charge in [-0.25, -0.2) is 4.79 Å². The average molecular weight is 339 g/mol. The SMILES string of the molecule is COC(=O)c1ccc2c(c1)N(C)C(=O)/C(=C/c1ccccc1C)S2. The molecule has 0 fully saturated rings. The normalized spacial score (nSPS) is 15.4. The molecule has 0 bridgehead atoms. The second-order valence-electron chi connectivity index (χ2n) is 5.51. The Morgan fingerprint density at radius 1 is 1.21 bits per heavy atom. The van der Waals surface area contributed by atoms with Crippen molar-refractivity contribution in [3.63, 3.8) is 0 Å². The third kappa shape index (κ3) is 2.95. The summed E-state index contributed by atoms with van der Waals surface area (Å²) >= 11 is 1.42. The number of carbonyl (C=O) groups excluding carboxylic acids is 2. The summed E-state index contributed by atoms with van der Waals surface area (Å²) in [6.07, 6.45) is 1.91. The van der Waals surface area contributed by atoms with Crippen molar-refractivity contribution in [1.29, 1.82) is 0 Å². The van der Waals surface area contributed by atoms with Gasteiger partial charge in [0, 0.05) is 11.9 Å². The smallest absolute Gasteiger partial charge is 0.337 e.